The number of ether oxygens (including phenoxy) is 2. The van der Waals surface area contributed by atoms with Gasteiger partial charge in [0.05, 0.1) is 14.2 Å². The number of benzene rings is 2. The van der Waals surface area contributed by atoms with Gasteiger partial charge in [0.1, 0.15) is 17.1 Å². The summed E-state index contributed by atoms with van der Waals surface area (Å²) in [5.74, 6) is -0.554. The first-order valence-electron chi connectivity index (χ1n) is 6.94. The van der Waals surface area contributed by atoms with Gasteiger partial charge < -0.3 is 9.47 Å². The third-order valence-corrected chi connectivity index (χ3v) is 3.49. The number of carbonyl (C=O) groups is 1. The molecule has 0 spiro atoms. The Morgan fingerprint density at radius 2 is 1.83 bits per heavy atom. The van der Waals surface area contributed by atoms with E-state index >= 15 is 0 Å². The molecule has 0 aliphatic rings. The molecule has 0 aliphatic carbocycles. The van der Waals surface area contributed by atoms with Crippen molar-refractivity contribution in [1.82, 2.24) is 20.6 Å². The van der Waals surface area contributed by atoms with Crippen LogP contribution in [-0.2, 0) is 4.74 Å². The summed E-state index contributed by atoms with van der Waals surface area (Å²) in [6.45, 7) is 0. The molecule has 0 bridgehead atoms. The fraction of sp³-hybridized carbons (Fsp3) is 0.125. The van der Waals surface area contributed by atoms with E-state index in [2.05, 4.69) is 20.6 Å². The second-order valence-corrected chi connectivity index (χ2v) is 4.84. The van der Waals surface area contributed by atoms with Gasteiger partial charge in [-0.3, -0.25) is 0 Å². The monoisotopic (exact) mass is 328 g/mol. The summed E-state index contributed by atoms with van der Waals surface area (Å²) >= 11 is 0. The number of nitrogens with zero attached hydrogens (tertiary/aromatic N) is 3. The number of hydrogen-bond acceptors (Lipinski definition) is 6. The first-order chi connectivity index (χ1) is 11.6. The number of halogens is 1. The Hall–Kier alpha value is -3.29. The number of esters is 1. The molecule has 0 atom stereocenters. The van der Waals surface area contributed by atoms with E-state index in [9.17, 15) is 9.18 Å². The Morgan fingerprint density at radius 3 is 2.42 bits per heavy atom. The van der Waals surface area contributed by atoms with E-state index in [0.717, 1.165) is 11.6 Å². The molecule has 0 fully saturated rings. The Balaban J connectivity index is 2.04. The van der Waals surface area contributed by atoms with Crippen molar-refractivity contribution in [1.29, 1.82) is 0 Å². The van der Waals surface area contributed by atoms with Crippen LogP contribution in [0, 0.1) is 5.82 Å². The van der Waals surface area contributed by atoms with Gasteiger partial charge in [-0.25, -0.2) is 9.18 Å². The number of hydrogen-bond donors (Lipinski definition) is 1. The van der Waals surface area contributed by atoms with Crippen LogP contribution in [0.15, 0.2) is 36.4 Å². The van der Waals surface area contributed by atoms with Crippen LogP contribution in [0.4, 0.5) is 4.39 Å². The van der Waals surface area contributed by atoms with E-state index in [-0.39, 0.29) is 16.9 Å². The lowest BCUT2D eigenvalue weighted by molar-refractivity contribution is 0.0597. The molecule has 1 heterocycles. The van der Waals surface area contributed by atoms with Crippen LogP contribution in [0.25, 0.3) is 22.5 Å². The van der Waals surface area contributed by atoms with Gasteiger partial charge in [-0.05, 0) is 16.8 Å². The van der Waals surface area contributed by atoms with E-state index in [1.54, 1.807) is 24.3 Å². The van der Waals surface area contributed by atoms with Crippen molar-refractivity contribution in [3.63, 3.8) is 0 Å². The fourth-order valence-electron chi connectivity index (χ4n) is 2.30. The average Bonchev–Trinajstić information content (AvgIpc) is 3.15. The van der Waals surface area contributed by atoms with Gasteiger partial charge in [0.15, 0.2) is 0 Å². The summed E-state index contributed by atoms with van der Waals surface area (Å²) in [6.07, 6.45) is 0. The van der Waals surface area contributed by atoms with Crippen molar-refractivity contribution in [2.75, 3.05) is 14.2 Å². The van der Waals surface area contributed by atoms with E-state index in [1.165, 1.54) is 20.3 Å². The van der Waals surface area contributed by atoms with Crippen molar-refractivity contribution in [3.8, 4) is 28.3 Å². The number of tetrazole rings is 1. The number of aromatic nitrogens is 4. The lowest BCUT2D eigenvalue weighted by Crippen LogP contribution is -2.05. The van der Waals surface area contributed by atoms with E-state index in [0.29, 0.717) is 11.4 Å². The minimum Gasteiger partial charge on any atom is -0.496 e. The Kier molecular flexibility index (Phi) is 4.19. The maximum atomic E-state index is 14.4. The highest BCUT2D eigenvalue weighted by Crippen LogP contribution is 2.31. The van der Waals surface area contributed by atoms with Gasteiger partial charge in [0.2, 0.25) is 5.82 Å². The molecule has 24 heavy (non-hydrogen) atoms. The highest BCUT2D eigenvalue weighted by atomic mass is 19.1. The second kappa shape index (κ2) is 6.45. The zero-order valence-corrected chi connectivity index (χ0v) is 12.9. The normalized spacial score (nSPS) is 10.5. The third kappa shape index (κ3) is 2.81. The van der Waals surface area contributed by atoms with Crippen LogP contribution in [0.5, 0.6) is 5.75 Å². The molecule has 3 aromatic rings. The summed E-state index contributed by atoms with van der Waals surface area (Å²) < 4.78 is 24.1. The van der Waals surface area contributed by atoms with Gasteiger partial charge in [0, 0.05) is 17.2 Å². The third-order valence-electron chi connectivity index (χ3n) is 3.49. The highest BCUT2D eigenvalue weighted by molar-refractivity contribution is 5.94. The van der Waals surface area contributed by atoms with Gasteiger partial charge >= 0.3 is 5.97 Å². The zero-order valence-electron chi connectivity index (χ0n) is 12.9. The standard InChI is InChI=1S/C16H13FN4O3/c1-23-14-8-13(17)11(7-12(14)16(22)24-2)9-3-5-10(6-4-9)15-18-20-21-19-15/h3-8H,1-2H3,(H,18,19,20,21). The minimum absolute atomic E-state index is 0.117. The van der Waals surface area contributed by atoms with E-state index < -0.39 is 11.8 Å². The van der Waals surface area contributed by atoms with Gasteiger partial charge in [-0.15, -0.1) is 10.2 Å². The second-order valence-electron chi connectivity index (χ2n) is 4.84. The Labute approximate surface area is 136 Å². The number of aromatic amines is 1. The van der Waals surface area contributed by atoms with Crippen LogP contribution < -0.4 is 4.74 Å². The van der Waals surface area contributed by atoms with Crippen LogP contribution in [0.3, 0.4) is 0 Å². The topological polar surface area (TPSA) is 90.0 Å². The molecule has 0 radical (unpaired) electrons. The molecule has 0 saturated heterocycles. The van der Waals surface area contributed by atoms with Gasteiger partial charge in [-0.2, -0.15) is 5.21 Å². The number of methoxy groups -OCH3 is 2. The quantitative estimate of drug-likeness (QED) is 0.740. The Bertz CT molecular complexity index is 864. The lowest BCUT2D eigenvalue weighted by atomic mass is 10.00. The number of nitrogens with one attached hydrogen (secondary N) is 1. The molecule has 0 unspecified atom stereocenters. The molecule has 1 N–H and O–H groups in total. The summed E-state index contributed by atoms with van der Waals surface area (Å²) in [4.78, 5) is 11.8. The molecule has 3 rings (SSSR count). The highest BCUT2D eigenvalue weighted by Gasteiger charge is 2.18. The van der Waals surface area contributed by atoms with Crippen LogP contribution in [0.2, 0.25) is 0 Å². The van der Waals surface area contributed by atoms with Crippen LogP contribution >= 0.6 is 0 Å². The number of carbonyl (C=O) groups excluding carboxylic acids is 1. The van der Waals surface area contributed by atoms with E-state index in [4.69, 9.17) is 9.47 Å². The zero-order chi connectivity index (χ0) is 17.1. The summed E-state index contributed by atoms with van der Waals surface area (Å²) in [6, 6.07) is 9.46. The first kappa shape index (κ1) is 15.6. The summed E-state index contributed by atoms with van der Waals surface area (Å²) in [7, 11) is 2.62. The predicted molar refractivity (Wildman–Crippen MR) is 82.9 cm³/mol. The smallest absolute Gasteiger partial charge is 0.341 e. The summed E-state index contributed by atoms with van der Waals surface area (Å²) in [5.41, 5.74) is 1.73. The van der Waals surface area contributed by atoms with Crippen molar-refractivity contribution in [3.05, 3.63) is 47.8 Å². The van der Waals surface area contributed by atoms with Gasteiger partial charge in [0.25, 0.3) is 0 Å². The maximum Gasteiger partial charge on any atom is 0.341 e. The van der Waals surface area contributed by atoms with Crippen molar-refractivity contribution < 1.29 is 18.7 Å². The molecule has 2 aromatic carbocycles. The fourth-order valence-corrected chi connectivity index (χ4v) is 2.30. The lowest BCUT2D eigenvalue weighted by Gasteiger charge is -2.11. The summed E-state index contributed by atoms with van der Waals surface area (Å²) in [5, 5.41) is 13.6. The predicted octanol–water partition coefficient (Wildman–Crippen LogP) is 2.47. The molecular formula is C16H13FN4O3. The molecule has 122 valence electrons. The molecule has 0 saturated carbocycles. The maximum absolute atomic E-state index is 14.4. The molecule has 0 amide bonds. The SMILES string of the molecule is COC(=O)c1cc(-c2ccc(-c3nn[nH]n3)cc2)c(F)cc1OC. The minimum atomic E-state index is -0.600. The Morgan fingerprint density at radius 1 is 1.12 bits per heavy atom. The molecule has 8 heteroatoms. The van der Waals surface area contributed by atoms with Crippen molar-refractivity contribution in [2.45, 2.75) is 0 Å². The number of H-pyrrole nitrogens is 1. The van der Waals surface area contributed by atoms with Gasteiger partial charge in [-0.1, -0.05) is 24.3 Å². The van der Waals surface area contributed by atoms with Crippen LogP contribution in [-0.4, -0.2) is 40.8 Å². The molecule has 1 aromatic heterocycles. The molecule has 0 aliphatic heterocycles. The first-order valence-corrected chi connectivity index (χ1v) is 6.94. The average molecular weight is 328 g/mol. The number of rotatable bonds is 4. The largest absolute Gasteiger partial charge is 0.496 e. The van der Waals surface area contributed by atoms with Crippen LogP contribution in [0.1, 0.15) is 10.4 Å². The van der Waals surface area contributed by atoms with E-state index in [1.807, 2.05) is 0 Å². The van der Waals surface area contributed by atoms with Crippen molar-refractivity contribution >= 4 is 5.97 Å². The molecular weight excluding hydrogens is 315 g/mol. The van der Waals surface area contributed by atoms with Crippen molar-refractivity contribution in [2.24, 2.45) is 0 Å². The molecule has 7 nitrogen and oxygen atoms in total.